The number of aromatic nitrogens is 4. The number of ether oxygens (including phenoxy) is 1. The molecule has 2 aromatic heterocycles. The summed E-state index contributed by atoms with van der Waals surface area (Å²) in [5, 5.41) is 11.6. The molecule has 1 saturated heterocycles. The largest absolute Gasteiger partial charge is 0.481 e. The summed E-state index contributed by atoms with van der Waals surface area (Å²) in [4.78, 5) is 19.3. The predicted octanol–water partition coefficient (Wildman–Crippen LogP) is 1.27. The third-order valence-electron chi connectivity index (χ3n) is 6.42. The van der Waals surface area contributed by atoms with Gasteiger partial charge in [0.25, 0.3) is 5.91 Å². The molecule has 1 N–H and O–H groups in total. The fraction of sp³-hybridized carbons (Fsp3) is 0.600. The van der Waals surface area contributed by atoms with Crippen molar-refractivity contribution in [3.63, 3.8) is 0 Å². The Bertz CT molecular complexity index is 877. The van der Waals surface area contributed by atoms with E-state index >= 15 is 0 Å². The maximum absolute atomic E-state index is 12.6. The molecule has 2 atom stereocenters. The molecule has 1 saturated carbocycles. The van der Waals surface area contributed by atoms with Crippen LogP contribution in [0.25, 0.3) is 0 Å². The summed E-state index contributed by atoms with van der Waals surface area (Å²) >= 11 is 0. The van der Waals surface area contributed by atoms with E-state index in [0.29, 0.717) is 29.6 Å². The molecular weight excluding hydrogens is 356 g/mol. The minimum absolute atomic E-state index is 0.0724. The number of carbonyl (C=O) groups is 1. The van der Waals surface area contributed by atoms with Crippen molar-refractivity contribution in [2.45, 2.75) is 44.8 Å². The van der Waals surface area contributed by atoms with Crippen LogP contribution >= 0.6 is 0 Å². The van der Waals surface area contributed by atoms with Crippen molar-refractivity contribution in [1.29, 1.82) is 0 Å². The molecular formula is C20H26N6O2. The SMILES string of the molecule is COc1ncccc1CN1C[C@H]2Cc3nnc(C(=O)NC4CCC4)n3C[C@H]2C1. The van der Waals surface area contributed by atoms with Crippen LogP contribution < -0.4 is 10.1 Å². The molecule has 2 aromatic rings. The normalized spacial score (nSPS) is 24.3. The van der Waals surface area contributed by atoms with Crippen molar-refractivity contribution in [2.75, 3.05) is 20.2 Å². The Balaban J connectivity index is 1.27. The molecule has 0 aromatic carbocycles. The lowest BCUT2D eigenvalue weighted by Gasteiger charge is -2.28. The summed E-state index contributed by atoms with van der Waals surface area (Å²) in [5.74, 6) is 3.12. The number of pyridine rings is 1. The summed E-state index contributed by atoms with van der Waals surface area (Å²) in [6, 6.07) is 4.34. The van der Waals surface area contributed by atoms with Crippen LogP contribution in [-0.4, -0.2) is 56.8 Å². The average Bonchev–Trinajstić information content (AvgIpc) is 3.25. The Hall–Kier alpha value is -2.48. The Morgan fingerprint density at radius 2 is 2.11 bits per heavy atom. The predicted molar refractivity (Wildman–Crippen MR) is 102 cm³/mol. The van der Waals surface area contributed by atoms with Gasteiger partial charge in [0.1, 0.15) is 5.82 Å². The van der Waals surface area contributed by atoms with E-state index in [1.54, 1.807) is 13.3 Å². The number of nitrogens with zero attached hydrogens (tertiary/aromatic N) is 5. The second-order valence-electron chi connectivity index (χ2n) is 8.24. The van der Waals surface area contributed by atoms with E-state index in [1.165, 1.54) is 6.42 Å². The molecule has 2 fully saturated rings. The van der Waals surface area contributed by atoms with Gasteiger partial charge in [0.05, 0.1) is 7.11 Å². The first-order chi connectivity index (χ1) is 13.7. The van der Waals surface area contributed by atoms with E-state index < -0.39 is 0 Å². The minimum atomic E-state index is -0.0724. The number of amides is 1. The second-order valence-corrected chi connectivity index (χ2v) is 8.24. The molecule has 28 heavy (non-hydrogen) atoms. The third-order valence-corrected chi connectivity index (χ3v) is 6.42. The van der Waals surface area contributed by atoms with Gasteiger partial charge in [-0.2, -0.15) is 0 Å². The smallest absolute Gasteiger partial charge is 0.289 e. The number of hydrogen-bond acceptors (Lipinski definition) is 6. The molecule has 0 radical (unpaired) electrons. The van der Waals surface area contributed by atoms with Gasteiger partial charge >= 0.3 is 0 Å². The van der Waals surface area contributed by atoms with E-state index in [0.717, 1.165) is 56.8 Å². The quantitative estimate of drug-likeness (QED) is 0.838. The molecule has 2 aliphatic heterocycles. The first-order valence-electron chi connectivity index (χ1n) is 10.1. The summed E-state index contributed by atoms with van der Waals surface area (Å²) in [6.45, 7) is 3.68. The number of nitrogens with one attached hydrogen (secondary N) is 1. The number of carbonyl (C=O) groups excluding carboxylic acids is 1. The molecule has 0 spiro atoms. The highest BCUT2D eigenvalue weighted by Crippen LogP contribution is 2.34. The summed E-state index contributed by atoms with van der Waals surface area (Å²) in [6.07, 6.45) is 5.99. The van der Waals surface area contributed by atoms with Crippen molar-refractivity contribution < 1.29 is 9.53 Å². The Kier molecular flexibility index (Phi) is 4.50. The van der Waals surface area contributed by atoms with Crippen LogP contribution in [0.2, 0.25) is 0 Å². The Labute approximate surface area is 164 Å². The number of methoxy groups -OCH3 is 1. The van der Waals surface area contributed by atoms with Gasteiger partial charge in [-0.1, -0.05) is 6.07 Å². The van der Waals surface area contributed by atoms with Gasteiger partial charge in [-0.15, -0.1) is 10.2 Å². The molecule has 0 bridgehead atoms. The van der Waals surface area contributed by atoms with Crippen molar-refractivity contribution >= 4 is 5.91 Å². The van der Waals surface area contributed by atoms with Crippen LogP contribution in [0.1, 0.15) is 41.3 Å². The number of fused-ring (bicyclic) bond motifs is 2. The number of likely N-dealkylation sites (tertiary alicyclic amines) is 1. The van der Waals surface area contributed by atoms with E-state index in [2.05, 4.69) is 31.5 Å². The van der Waals surface area contributed by atoms with Crippen LogP contribution in [0.3, 0.4) is 0 Å². The van der Waals surface area contributed by atoms with Crippen LogP contribution in [-0.2, 0) is 19.5 Å². The number of rotatable bonds is 5. The molecule has 148 valence electrons. The molecule has 0 unspecified atom stereocenters. The van der Waals surface area contributed by atoms with E-state index in [1.807, 2.05) is 10.6 Å². The van der Waals surface area contributed by atoms with Gasteiger partial charge in [0.2, 0.25) is 11.7 Å². The second kappa shape index (κ2) is 7.16. The van der Waals surface area contributed by atoms with Gasteiger partial charge in [-0.05, 0) is 37.2 Å². The number of hydrogen-bond donors (Lipinski definition) is 1. The first-order valence-corrected chi connectivity index (χ1v) is 10.1. The average molecular weight is 382 g/mol. The standard InChI is InChI=1S/C20H26N6O2/c1-28-20-13(4-3-7-21-20)9-25-10-14-8-17-23-24-18(26(17)12-15(14)11-25)19(27)22-16-5-2-6-16/h3-4,7,14-16H,2,5-6,8-12H2,1H3,(H,22,27)/t14-,15-/m1/s1. The Morgan fingerprint density at radius 3 is 2.89 bits per heavy atom. The zero-order valence-corrected chi connectivity index (χ0v) is 16.2. The Morgan fingerprint density at radius 1 is 1.25 bits per heavy atom. The highest BCUT2D eigenvalue weighted by atomic mass is 16.5. The van der Waals surface area contributed by atoms with Crippen LogP contribution in [0.4, 0.5) is 0 Å². The molecule has 8 nitrogen and oxygen atoms in total. The van der Waals surface area contributed by atoms with Crippen LogP contribution in [0.15, 0.2) is 18.3 Å². The van der Waals surface area contributed by atoms with Crippen molar-refractivity contribution in [3.05, 3.63) is 35.5 Å². The minimum Gasteiger partial charge on any atom is -0.481 e. The monoisotopic (exact) mass is 382 g/mol. The summed E-state index contributed by atoms with van der Waals surface area (Å²) in [5.41, 5.74) is 1.11. The maximum Gasteiger partial charge on any atom is 0.289 e. The molecule has 4 heterocycles. The topological polar surface area (TPSA) is 85.2 Å². The lowest BCUT2D eigenvalue weighted by molar-refractivity contribution is 0.0898. The fourth-order valence-corrected chi connectivity index (χ4v) is 4.69. The summed E-state index contributed by atoms with van der Waals surface area (Å²) in [7, 11) is 1.66. The molecule has 8 heteroatoms. The molecule has 5 rings (SSSR count). The molecule has 1 amide bonds. The lowest BCUT2D eigenvalue weighted by Crippen LogP contribution is -2.41. The molecule has 3 aliphatic rings. The fourth-order valence-electron chi connectivity index (χ4n) is 4.69. The highest BCUT2D eigenvalue weighted by Gasteiger charge is 2.39. The zero-order chi connectivity index (χ0) is 19.1. The van der Waals surface area contributed by atoms with Crippen LogP contribution in [0.5, 0.6) is 5.88 Å². The van der Waals surface area contributed by atoms with E-state index in [9.17, 15) is 4.79 Å². The van der Waals surface area contributed by atoms with Gasteiger partial charge < -0.3 is 14.6 Å². The highest BCUT2D eigenvalue weighted by molar-refractivity contribution is 5.91. The van der Waals surface area contributed by atoms with E-state index in [4.69, 9.17) is 4.74 Å². The summed E-state index contributed by atoms with van der Waals surface area (Å²) < 4.78 is 7.44. The van der Waals surface area contributed by atoms with Gasteiger partial charge in [-0.25, -0.2) is 4.98 Å². The third kappa shape index (κ3) is 3.15. The van der Waals surface area contributed by atoms with Crippen molar-refractivity contribution in [3.8, 4) is 5.88 Å². The zero-order valence-electron chi connectivity index (χ0n) is 16.2. The van der Waals surface area contributed by atoms with Gasteiger partial charge in [0, 0.05) is 50.4 Å². The van der Waals surface area contributed by atoms with E-state index in [-0.39, 0.29) is 5.91 Å². The molecule has 1 aliphatic carbocycles. The van der Waals surface area contributed by atoms with Crippen molar-refractivity contribution in [2.24, 2.45) is 11.8 Å². The van der Waals surface area contributed by atoms with Gasteiger partial charge in [0.15, 0.2) is 0 Å². The maximum atomic E-state index is 12.6. The van der Waals surface area contributed by atoms with Crippen LogP contribution in [0, 0.1) is 11.8 Å². The van der Waals surface area contributed by atoms with Gasteiger partial charge in [-0.3, -0.25) is 9.69 Å². The first kappa shape index (κ1) is 17.6. The van der Waals surface area contributed by atoms with Crippen molar-refractivity contribution in [1.82, 2.24) is 30.0 Å². The lowest BCUT2D eigenvalue weighted by atomic mass is 9.89.